The zero-order chi connectivity index (χ0) is 12.8. The number of carbonyl (C=O) groups excluding carboxylic acids is 1. The smallest absolute Gasteiger partial charge is 0.320 e. The molecule has 98 valence electrons. The molecule has 3 atom stereocenters. The minimum Gasteiger partial charge on any atom is -0.480 e. The molecule has 0 aromatic heterocycles. The molecule has 0 saturated carbocycles. The van der Waals surface area contributed by atoms with Crippen LogP contribution in [0.25, 0.3) is 0 Å². The van der Waals surface area contributed by atoms with Gasteiger partial charge in [0.15, 0.2) is 5.78 Å². The van der Waals surface area contributed by atoms with Crippen LogP contribution in [0, 0.1) is 0 Å². The van der Waals surface area contributed by atoms with Gasteiger partial charge in [-0.15, -0.1) is 0 Å². The van der Waals surface area contributed by atoms with Crippen molar-refractivity contribution in [3.63, 3.8) is 0 Å². The Labute approximate surface area is 101 Å². The molecule has 1 saturated heterocycles. The molecule has 1 fully saturated rings. The van der Waals surface area contributed by atoms with Gasteiger partial charge in [-0.05, 0) is 38.6 Å². The molecule has 0 aromatic rings. The molecule has 1 unspecified atom stereocenters. The molecule has 0 bridgehead atoms. The van der Waals surface area contributed by atoms with Gasteiger partial charge in [-0.1, -0.05) is 0 Å². The molecule has 0 spiro atoms. The van der Waals surface area contributed by atoms with E-state index in [4.69, 9.17) is 16.6 Å². The maximum atomic E-state index is 11.8. The molecule has 0 radical (unpaired) electrons. The summed E-state index contributed by atoms with van der Waals surface area (Å²) in [5, 5.41) is 11.7. The van der Waals surface area contributed by atoms with E-state index in [-0.39, 0.29) is 11.8 Å². The summed E-state index contributed by atoms with van der Waals surface area (Å²) in [5.74, 6) is -0.978. The van der Waals surface area contributed by atoms with Crippen molar-refractivity contribution in [1.29, 1.82) is 0 Å². The third-order valence-corrected chi connectivity index (χ3v) is 3.12. The molecule has 0 amide bonds. The van der Waals surface area contributed by atoms with Crippen LogP contribution in [-0.2, 0) is 9.59 Å². The monoisotopic (exact) mass is 243 g/mol. The summed E-state index contributed by atoms with van der Waals surface area (Å²) in [5.41, 5.74) is 11.1. The molecule has 1 heterocycles. The van der Waals surface area contributed by atoms with Crippen molar-refractivity contribution >= 4 is 11.8 Å². The molecular formula is C11H21N3O3. The predicted molar refractivity (Wildman–Crippen MR) is 63.5 cm³/mol. The second-order valence-corrected chi connectivity index (χ2v) is 4.53. The van der Waals surface area contributed by atoms with Gasteiger partial charge in [-0.3, -0.25) is 9.59 Å². The van der Waals surface area contributed by atoms with Gasteiger partial charge in [0.1, 0.15) is 6.04 Å². The van der Waals surface area contributed by atoms with Crippen molar-refractivity contribution in [2.75, 3.05) is 6.54 Å². The summed E-state index contributed by atoms with van der Waals surface area (Å²) in [6.45, 7) is 0.868. The number of rotatable bonds is 7. The Bertz CT molecular complexity index is 277. The molecule has 1 rings (SSSR count). The average Bonchev–Trinajstić information content (AvgIpc) is 2.80. The summed E-state index contributed by atoms with van der Waals surface area (Å²) in [4.78, 5) is 22.3. The van der Waals surface area contributed by atoms with Crippen LogP contribution in [0.5, 0.6) is 0 Å². The average molecular weight is 243 g/mol. The number of carbonyl (C=O) groups is 2. The fourth-order valence-corrected chi connectivity index (χ4v) is 2.01. The fraction of sp³-hybridized carbons (Fsp3) is 0.818. The van der Waals surface area contributed by atoms with Crippen LogP contribution >= 0.6 is 0 Å². The highest BCUT2D eigenvalue weighted by molar-refractivity contribution is 5.89. The lowest BCUT2D eigenvalue weighted by Crippen LogP contribution is -2.43. The van der Waals surface area contributed by atoms with E-state index in [1.807, 2.05) is 0 Å². The molecule has 17 heavy (non-hydrogen) atoms. The molecule has 0 aromatic carbocycles. The largest absolute Gasteiger partial charge is 0.480 e. The van der Waals surface area contributed by atoms with Gasteiger partial charge in [-0.25, -0.2) is 0 Å². The number of Topliss-reactive ketones (excluding diaryl/α,β-unsaturated/α-hetero) is 1. The van der Waals surface area contributed by atoms with Gasteiger partial charge >= 0.3 is 5.97 Å². The van der Waals surface area contributed by atoms with Crippen LogP contribution in [0.1, 0.15) is 32.1 Å². The Morgan fingerprint density at radius 1 is 1.29 bits per heavy atom. The van der Waals surface area contributed by atoms with Crippen molar-refractivity contribution in [3.05, 3.63) is 0 Å². The first kappa shape index (κ1) is 14.1. The fourth-order valence-electron chi connectivity index (χ4n) is 2.01. The highest BCUT2D eigenvalue weighted by Gasteiger charge is 2.26. The second kappa shape index (κ2) is 6.68. The van der Waals surface area contributed by atoms with Crippen molar-refractivity contribution < 1.29 is 14.7 Å². The van der Waals surface area contributed by atoms with E-state index in [0.717, 1.165) is 19.4 Å². The maximum absolute atomic E-state index is 11.8. The van der Waals surface area contributed by atoms with E-state index >= 15 is 0 Å². The van der Waals surface area contributed by atoms with Gasteiger partial charge in [-0.2, -0.15) is 0 Å². The quantitative estimate of drug-likeness (QED) is 0.465. The third-order valence-electron chi connectivity index (χ3n) is 3.12. The Morgan fingerprint density at radius 3 is 2.47 bits per heavy atom. The molecule has 1 aliphatic rings. The number of nitrogens with one attached hydrogen (secondary N) is 1. The zero-order valence-corrected chi connectivity index (χ0v) is 9.89. The first-order valence-corrected chi connectivity index (χ1v) is 6.03. The standard InChI is InChI=1S/C11H21N3O3/c12-7(3-1-4-8(13)11(16)17)10(15)9-5-2-6-14-9/h7-9,14H,1-6,12-13H2,(H,16,17)/t7?,8-,9-/m0/s1. The number of hydrogen-bond acceptors (Lipinski definition) is 5. The number of ketones is 1. The molecule has 6 heteroatoms. The Hall–Kier alpha value is -0.980. The Kier molecular flexibility index (Phi) is 5.54. The number of nitrogens with two attached hydrogens (primary N) is 2. The van der Waals surface area contributed by atoms with Gasteiger partial charge in [0, 0.05) is 0 Å². The lowest BCUT2D eigenvalue weighted by atomic mass is 9.98. The zero-order valence-electron chi connectivity index (χ0n) is 9.89. The van der Waals surface area contributed by atoms with Crippen molar-refractivity contribution in [2.45, 2.75) is 50.2 Å². The van der Waals surface area contributed by atoms with Crippen molar-refractivity contribution in [3.8, 4) is 0 Å². The molecule has 1 aliphatic heterocycles. The predicted octanol–water partition coefficient (Wildman–Crippen LogP) is -0.783. The summed E-state index contributed by atoms with van der Waals surface area (Å²) in [6, 6.07) is -1.48. The minimum absolute atomic E-state index is 0.0337. The number of carboxylic acids is 1. The van der Waals surface area contributed by atoms with E-state index in [2.05, 4.69) is 5.32 Å². The number of aliphatic carboxylic acids is 1. The lowest BCUT2D eigenvalue weighted by Gasteiger charge is -2.16. The number of carboxylic acid groups (broad SMARTS) is 1. The summed E-state index contributed by atoms with van der Waals surface area (Å²) >= 11 is 0. The van der Waals surface area contributed by atoms with E-state index in [0.29, 0.717) is 19.3 Å². The SMILES string of the molecule is NC(CCC[C@H](N)C(=O)O)C(=O)[C@@H]1CCCN1. The van der Waals surface area contributed by atoms with E-state index < -0.39 is 18.1 Å². The highest BCUT2D eigenvalue weighted by Crippen LogP contribution is 2.10. The summed E-state index contributed by atoms with van der Waals surface area (Å²) in [6.07, 6.45) is 3.27. The van der Waals surface area contributed by atoms with E-state index in [9.17, 15) is 9.59 Å². The van der Waals surface area contributed by atoms with Gasteiger partial charge < -0.3 is 21.9 Å². The minimum atomic E-state index is -1.01. The van der Waals surface area contributed by atoms with Crippen LogP contribution in [0.2, 0.25) is 0 Å². The molecule has 6 N–H and O–H groups in total. The molecule has 0 aliphatic carbocycles. The van der Waals surface area contributed by atoms with Crippen molar-refractivity contribution in [2.24, 2.45) is 11.5 Å². The number of hydrogen-bond donors (Lipinski definition) is 4. The van der Waals surface area contributed by atoms with Gasteiger partial charge in [0.2, 0.25) is 0 Å². The Morgan fingerprint density at radius 2 is 1.94 bits per heavy atom. The normalized spacial score (nSPS) is 23.3. The lowest BCUT2D eigenvalue weighted by molar-refractivity contribution is -0.138. The Balaban J connectivity index is 2.22. The van der Waals surface area contributed by atoms with E-state index in [1.165, 1.54) is 0 Å². The van der Waals surface area contributed by atoms with Crippen molar-refractivity contribution in [1.82, 2.24) is 5.32 Å². The maximum Gasteiger partial charge on any atom is 0.320 e. The first-order chi connectivity index (χ1) is 8.02. The highest BCUT2D eigenvalue weighted by atomic mass is 16.4. The van der Waals surface area contributed by atoms with Gasteiger partial charge in [0.25, 0.3) is 0 Å². The van der Waals surface area contributed by atoms with E-state index in [1.54, 1.807) is 0 Å². The topological polar surface area (TPSA) is 118 Å². The second-order valence-electron chi connectivity index (χ2n) is 4.53. The van der Waals surface area contributed by atoms with Crippen LogP contribution in [0.3, 0.4) is 0 Å². The van der Waals surface area contributed by atoms with Crippen LogP contribution < -0.4 is 16.8 Å². The summed E-state index contributed by atoms with van der Waals surface area (Å²) in [7, 11) is 0. The van der Waals surface area contributed by atoms with Gasteiger partial charge in [0.05, 0.1) is 12.1 Å². The third kappa shape index (κ3) is 4.41. The van der Waals surface area contributed by atoms with Crippen LogP contribution in [0.4, 0.5) is 0 Å². The molecule has 6 nitrogen and oxygen atoms in total. The van der Waals surface area contributed by atoms with Crippen LogP contribution in [-0.4, -0.2) is 41.5 Å². The first-order valence-electron chi connectivity index (χ1n) is 6.03. The molecular weight excluding hydrogens is 222 g/mol. The van der Waals surface area contributed by atoms with Crippen LogP contribution in [0.15, 0.2) is 0 Å². The summed E-state index contributed by atoms with van der Waals surface area (Å²) < 4.78 is 0.